The van der Waals surface area contributed by atoms with Crippen LogP contribution in [0.1, 0.15) is 0 Å². The van der Waals surface area contributed by atoms with Crippen LogP contribution in [-0.4, -0.2) is 46.5 Å². The summed E-state index contributed by atoms with van der Waals surface area (Å²) in [7, 11) is -6.82. The van der Waals surface area contributed by atoms with Crippen LogP contribution in [0, 0.1) is 0 Å². The summed E-state index contributed by atoms with van der Waals surface area (Å²) in [6.07, 6.45) is 4.24. The molecule has 0 atom stereocenters. The van der Waals surface area contributed by atoms with E-state index in [1.54, 1.807) is 0 Å². The van der Waals surface area contributed by atoms with E-state index in [4.69, 9.17) is 0 Å². The molecule has 0 aromatic heterocycles. The smallest absolute Gasteiger partial charge is 0.233 e. The van der Waals surface area contributed by atoms with Crippen LogP contribution < -0.4 is 0 Å². The van der Waals surface area contributed by atoms with E-state index in [-0.39, 0.29) is 11.4 Å². The SMILES string of the molecule is CS(=O)(=O)C1=CN=CN(S(C)(=O)=O)C1. The Kier molecular flexibility index (Phi) is 2.68. The Labute approximate surface area is 82.9 Å². The maximum atomic E-state index is 11.1. The molecule has 6 nitrogen and oxygen atoms in total. The highest BCUT2D eigenvalue weighted by Gasteiger charge is 2.22. The topological polar surface area (TPSA) is 83.9 Å². The number of hydrogen-bond donors (Lipinski definition) is 0. The molecule has 0 fully saturated rings. The molecular formula is C6H10N2O4S2. The van der Waals surface area contributed by atoms with E-state index in [0.717, 1.165) is 29.4 Å². The Balaban J connectivity index is 3.03. The zero-order valence-electron chi connectivity index (χ0n) is 7.71. The van der Waals surface area contributed by atoms with Gasteiger partial charge in [0, 0.05) is 12.5 Å². The van der Waals surface area contributed by atoms with Crippen LogP contribution in [0.5, 0.6) is 0 Å². The summed E-state index contributed by atoms with van der Waals surface area (Å²) in [5, 5.41) is 0. The van der Waals surface area contributed by atoms with Gasteiger partial charge < -0.3 is 0 Å². The van der Waals surface area contributed by atoms with Gasteiger partial charge in [-0.05, 0) is 0 Å². The van der Waals surface area contributed by atoms with Crippen LogP contribution in [-0.2, 0) is 19.9 Å². The Morgan fingerprint density at radius 3 is 2.29 bits per heavy atom. The first-order chi connectivity index (χ1) is 6.21. The van der Waals surface area contributed by atoms with Crippen molar-refractivity contribution >= 4 is 26.2 Å². The maximum Gasteiger partial charge on any atom is 0.233 e. The summed E-state index contributed by atoms with van der Waals surface area (Å²) >= 11 is 0. The van der Waals surface area contributed by atoms with Crippen LogP contribution in [0.3, 0.4) is 0 Å². The predicted octanol–water partition coefficient (Wildman–Crippen LogP) is -0.824. The molecule has 14 heavy (non-hydrogen) atoms. The van der Waals surface area contributed by atoms with Crippen LogP contribution in [0.15, 0.2) is 16.1 Å². The molecule has 0 amide bonds. The molecule has 0 aromatic carbocycles. The number of sulfone groups is 1. The van der Waals surface area contributed by atoms with Gasteiger partial charge in [-0.25, -0.2) is 21.8 Å². The molecule has 1 aliphatic heterocycles. The van der Waals surface area contributed by atoms with E-state index in [1.807, 2.05) is 0 Å². The maximum absolute atomic E-state index is 11.1. The van der Waals surface area contributed by atoms with Crippen molar-refractivity contribution in [2.75, 3.05) is 19.1 Å². The van der Waals surface area contributed by atoms with Crippen molar-refractivity contribution in [2.45, 2.75) is 0 Å². The molecule has 1 rings (SSSR count). The lowest BCUT2D eigenvalue weighted by molar-refractivity contribution is 0.546. The third-order valence-corrected chi connectivity index (χ3v) is 3.89. The van der Waals surface area contributed by atoms with Crippen LogP contribution in [0.2, 0.25) is 0 Å². The normalized spacial score (nSPS) is 18.1. The zero-order valence-corrected chi connectivity index (χ0v) is 9.34. The molecule has 0 spiro atoms. The highest BCUT2D eigenvalue weighted by Crippen LogP contribution is 2.12. The monoisotopic (exact) mass is 238 g/mol. The third kappa shape index (κ3) is 2.55. The quantitative estimate of drug-likeness (QED) is 0.629. The molecule has 8 heteroatoms. The highest BCUT2D eigenvalue weighted by molar-refractivity contribution is 7.94. The van der Waals surface area contributed by atoms with Gasteiger partial charge in [0.15, 0.2) is 9.84 Å². The summed E-state index contributed by atoms with van der Waals surface area (Å²) in [6.45, 7) is -0.179. The number of aliphatic imine (C=N–C) groups is 1. The number of hydrogen-bond acceptors (Lipinski definition) is 5. The predicted molar refractivity (Wildman–Crippen MR) is 53.0 cm³/mol. The molecule has 0 radical (unpaired) electrons. The Bertz CT molecular complexity index is 486. The van der Waals surface area contributed by atoms with E-state index in [1.165, 1.54) is 0 Å². The van der Waals surface area contributed by atoms with Gasteiger partial charge in [-0.2, -0.15) is 0 Å². The minimum absolute atomic E-state index is 0.00887. The molecule has 0 unspecified atom stereocenters. The van der Waals surface area contributed by atoms with Gasteiger partial charge in [0.2, 0.25) is 10.0 Å². The second-order valence-electron chi connectivity index (χ2n) is 2.94. The number of sulfonamides is 1. The summed E-state index contributed by atoms with van der Waals surface area (Å²) in [4.78, 5) is 3.54. The Hall–Kier alpha value is -0.890. The van der Waals surface area contributed by atoms with Gasteiger partial charge in [0.25, 0.3) is 0 Å². The first-order valence-electron chi connectivity index (χ1n) is 3.60. The molecule has 80 valence electrons. The second kappa shape index (κ2) is 3.35. The lowest BCUT2D eigenvalue weighted by atomic mass is 10.5. The van der Waals surface area contributed by atoms with Gasteiger partial charge in [-0.3, -0.25) is 4.31 Å². The van der Waals surface area contributed by atoms with E-state index in [2.05, 4.69) is 4.99 Å². The summed E-state index contributed by atoms with van der Waals surface area (Å²) in [5.74, 6) is 0. The van der Waals surface area contributed by atoms with Crippen molar-refractivity contribution in [3.05, 3.63) is 11.1 Å². The first kappa shape index (κ1) is 11.2. The second-order valence-corrected chi connectivity index (χ2v) is 6.94. The largest absolute Gasteiger partial charge is 0.255 e. The minimum Gasteiger partial charge on any atom is -0.255 e. The Morgan fingerprint density at radius 2 is 1.86 bits per heavy atom. The van der Waals surface area contributed by atoms with E-state index < -0.39 is 19.9 Å². The zero-order chi connectivity index (χ0) is 11.0. The van der Waals surface area contributed by atoms with Crippen molar-refractivity contribution in [3.63, 3.8) is 0 Å². The highest BCUT2D eigenvalue weighted by atomic mass is 32.2. The average Bonchev–Trinajstić information content (AvgIpc) is 2.01. The van der Waals surface area contributed by atoms with Crippen molar-refractivity contribution < 1.29 is 16.8 Å². The fourth-order valence-electron chi connectivity index (χ4n) is 0.842. The van der Waals surface area contributed by atoms with Gasteiger partial charge in [-0.15, -0.1) is 0 Å². The lowest BCUT2D eigenvalue weighted by Gasteiger charge is -2.20. The average molecular weight is 238 g/mol. The molecule has 0 aliphatic carbocycles. The van der Waals surface area contributed by atoms with E-state index in [0.29, 0.717) is 0 Å². The molecule has 1 aliphatic rings. The Morgan fingerprint density at radius 1 is 1.29 bits per heavy atom. The van der Waals surface area contributed by atoms with Gasteiger partial charge in [0.1, 0.15) is 6.34 Å². The summed E-state index contributed by atoms with van der Waals surface area (Å²) < 4.78 is 45.2. The number of nitrogens with zero attached hydrogens (tertiary/aromatic N) is 2. The van der Waals surface area contributed by atoms with Crippen molar-refractivity contribution in [3.8, 4) is 0 Å². The molecule has 1 heterocycles. The van der Waals surface area contributed by atoms with Gasteiger partial charge in [0.05, 0.1) is 17.7 Å². The van der Waals surface area contributed by atoms with Crippen molar-refractivity contribution in [1.82, 2.24) is 4.31 Å². The van der Waals surface area contributed by atoms with E-state index >= 15 is 0 Å². The van der Waals surface area contributed by atoms with Crippen LogP contribution in [0.4, 0.5) is 0 Å². The third-order valence-electron chi connectivity index (χ3n) is 1.63. The summed E-state index contributed by atoms with van der Waals surface area (Å²) in [5.41, 5.74) is 0. The fourth-order valence-corrected chi connectivity index (χ4v) is 2.15. The fraction of sp³-hybridized carbons (Fsp3) is 0.500. The molecule has 0 bridgehead atoms. The molecular weight excluding hydrogens is 228 g/mol. The first-order valence-corrected chi connectivity index (χ1v) is 7.34. The van der Waals surface area contributed by atoms with Gasteiger partial charge in [-0.1, -0.05) is 0 Å². The molecule has 0 aromatic rings. The van der Waals surface area contributed by atoms with Crippen LogP contribution >= 0.6 is 0 Å². The number of rotatable bonds is 2. The standard InChI is InChI=1S/C6H10N2O4S2/c1-13(9,10)6-3-7-5-8(4-6)14(2,11)12/h3,5H,4H2,1-2H3. The summed E-state index contributed by atoms with van der Waals surface area (Å²) in [6, 6.07) is 0. The van der Waals surface area contributed by atoms with Crippen molar-refractivity contribution in [2.24, 2.45) is 4.99 Å². The van der Waals surface area contributed by atoms with E-state index in [9.17, 15) is 16.8 Å². The lowest BCUT2D eigenvalue weighted by Crippen LogP contribution is -2.33. The molecule has 0 saturated heterocycles. The molecule has 0 saturated carbocycles. The minimum atomic E-state index is -3.44. The van der Waals surface area contributed by atoms with Gasteiger partial charge >= 0.3 is 0 Å². The van der Waals surface area contributed by atoms with Crippen molar-refractivity contribution in [1.29, 1.82) is 0 Å². The molecule has 0 N–H and O–H groups in total. The van der Waals surface area contributed by atoms with Crippen LogP contribution in [0.25, 0.3) is 0 Å².